The number of hydrogen-bond donors (Lipinski definition) is 1. The highest BCUT2D eigenvalue weighted by molar-refractivity contribution is 6.35. The predicted molar refractivity (Wildman–Crippen MR) is 81.3 cm³/mol. The van der Waals surface area contributed by atoms with Gasteiger partial charge in [-0.05, 0) is 31.4 Å². The van der Waals surface area contributed by atoms with Crippen molar-refractivity contribution in [3.05, 3.63) is 28.2 Å². The number of halogens is 2. The number of aromatic nitrogens is 3. The Morgan fingerprint density at radius 2 is 2.10 bits per heavy atom. The highest BCUT2D eigenvalue weighted by atomic mass is 35.5. The molecule has 3 rings (SSSR count). The third-order valence-corrected chi connectivity index (χ3v) is 4.49. The zero-order valence-corrected chi connectivity index (χ0v) is 12.9. The van der Waals surface area contributed by atoms with Gasteiger partial charge in [-0.1, -0.05) is 41.2 Å². The number of hydrogen-bond acceptors (Lipinski definition) is 5. The molecule has 112 valence electrons. The molecule has 1 saturated carbocycles. The summed E-state index contributed by atoms with van der Waals surface area (Å²) in [5.41, 5.74) is 6.33. The Morgan fingerprint density at radius 3 is 2.86 bits per heavy atom. The van der Waals surface area contributed by atoms with Crippen molar-refractivity contribution in [1.82, 2.24) is 15.1 Å². The second-order valence-electron chi connectivity index (χ2n) is 5.33. The Morgan fingerprint density at radius 1 is 1.29 bits per heavy atom. The molecule has 2 heterocycles. The summed E-state index contributed by atoms with van der Waals surface area (Å²) in [5, 5.41) is 4.89. The summed E-state index contributed by atoms with van der Waals surface area (Å²) in [6.45, 7) is 0.641. The average molecular weight is 327 g/mol. The molecule has 0 aliphatic heterocycles. The molecular formula is C14H16Cl2N4O. The monoisotopic (exact) mass is 326 g/mol. The summed E-state index contributed by atoms with van der Waals surface area (Å²) < 4.78 is 5.43. The van der Waals surface area contributed by atoms with Gasteiger partial charge in [-0.25, -0.2) is 4.98 Å². The van der Waals surface area contributed by atoms with Crippen molar-refractivity contribution in [3.63, 3.8) is 0 Å². The first-order chi connectivity index (χ1) is 10.2. The molecule has 2 atom stereocenters. The second-order valence-corrected chi connectivity index (χ2v) is 6.17. The van der Waals surface area contributed by atoms with Crippen molar-refractivity contribution in [1.29, 1.82) is 0 Å². The maximum absolute atomic E-state index is 6.13. The van der Waals surface area contributed by atoms with Gasteiger partial charge in [-0.2, -0.15) is 4.98 Å². The molecule has 0 radical (unpaired) electrons. The van der Waals surface area contributed by atoms with E-state index < -0.39 is 0 Å². The van der Waals surface area contributed by atoms with Crippen LogP contribution in [-0.2, 0) is 0 Å². The van der Waals surface area contributed by atoms with E-state index in [4.69, 9.17) is 33.5 Å². The van der Waals surface area contributed by atoms with Crippen LogP contribution in [0.5, 0.6) is 0 Å². The molecule has 21 heavy (non-hydrogen) atoms. The van der Waals surface area contributed by atoms with E-state index >= 15 is 0 Å². The third kappa shape index (κ3) is 3.05. The van der Waals surface area contributed by atoms with E-state index in [-0.39, 0.29) is 5.92 Å². The zero-order chi connectivity index (χ0) is 14.8. The topological polar surface area (TPSA) is 77.8 Å². The Bertz CT molecular complexity index is 631. The lowest BCUT2D eigenvalue weighted by Gasteiger charge is -2.27. The molecule has 2 aromatic rings. The first-order valence-corrected chi connectivity index (χ1v) is 7.79. The molecular weight excluding hydrogens is 311 g/mol. The largest absolute Gasteiger partial charge is 0.339 e. The standard InChI is InChI=1S/C14H16Cl2N4O/c15-9-5-11(16)12(18-7-9)13-19-14(21-20-13)10-4-2-1-3-8(10)6-17/h5,7-8,10H,1-4,6,17H2. The molecule has 1 fully saturated rings. The number of rotatable bonds is 3. The van der Waals surface area contributed by atoms with Gasteiger partial charge >= 0.3 is 0 Å². The van der Waals surface area contributed by atoms with E-state index in [0.29, 0.717) is 39.9 Å². The van der Waals surface area contributed by atoms with E-state index in [0.717, 1.165) is 12.8 Å². The maximum Gasteiger partial charge on any atom is 0.230 e. The van der Waals surface area contributed by atoms with Gasteiger partial charge in [-0.15, -0.1) is 0 Å². The predicted octanol–water partition coefficient (Wildman–Crippen LogP) is 3.67. The summed E-state index contributed by atoms with van der Waals surface area (Å²) in [5.74, 6) is 1.66. The van der Waals surface area contributed by atoms with Gasteiger partial charge in [-0.3, -0.25) is 0 Å². The van der Waals surface area contributed by atoms with E-state index in [1.165, 1.54) is 19.0 Å². The van der Waals surface area contributed by atoms with Crippen LogP contribution in [-0.4, -0.2) is 21.7 Å². The van der Waals surface area contributed by atoms with Gasteiger partial charge in [0.25, 0.3) is 0 Å². The van der Waals surface area contributed by atoms with E-state index in [1.807, 2.05) is 0 Å². The molecule has 0 spiro atoms. The Kier molecular flexibility index (Phi) is 4.42. The Balaban J connectivity index is 1.89. The number of nitrogens with two attached hydrogens (primary N) is 1. The molecule has 0 bridgehead atoms. The molecule has 1 aliphatic rings. The molecule has 7 heteroatoms. The van der Waals surface area contributed by atoms with E-state index in [1.54, 1.807) is 6.07 Å². The van der Waals surface area contributed by atoms with Gasteiger partial charge in [0.1, 0.15) is 5.69 Å². The number of nitrogens with zero attached hydrogens (tertiary/aromatic N) is 3. The van der Waals surface area contributed by atoms with Crippen LogP contribution in [0.4, 0.5) is 0 Å². The van der Waals surface area contributed by atoms with Gasteiger partial charge < -0.3 is 10.3 Å². The van der Waals surface area contributed by atoms with E-state index in [9.17, 15) is 0 Å². The SMILES string of the molecule is NCC1CCCCC1c1nc(-c2ncc(Cl)cc2Cl)no1. The lowest BCUT2D eigenvalue weighted by atomic mass is 9.79. The van der Waals surface area contributed by atoms with Crippen LogP contribution < -0.4 is 5.73 Å². The minimum Gasteiger partial charge on any atom is -0.339 e. The van der Waals surface area contributed by atoms with Crippen molar-refractivity contribution in [2.45, 2.75) is 31.6 Å². The Labute approximate surface area is 132 Å². The molecule has 2 N–H and O–H groups in total. The van der Waals surface area contributed by atoms with Crippen molar-refractivity contribution in [2.75, 3.05) is 6.54 Å². The Hall–Kier alpha value is -1.17. The summed E-state index contributed by atoms with van der Waals surface area (Å²) in [7, 11) is 0. The number of pyridine rings is 1. The van der Waals surface area contributed by atoms with Crippen molar-refractivity contribution in [3.8, 4) is 11.5 Å². The highest BCUT2D eigenvalue weighted by Crippen LogP contribution is 2.37. The summed E-state index contributed by atoms with van der Waals surface area (Å²) in [4.78, 5) is 8.64. The minimum atomic E-state index is 0.232. The summed E-state index contributed by atoms with van der Waals surface area (Å²) >= 11 is 12.0. The van der Waals surface area contributed by atoms with Gasteiger partial charge in [0.2, 0.25) is 11.7 Å². The van der Waals surface area contributed by atoms with Crippen molar-refractivity contribution >= 4 is 23.2 Å². The fourth-order valence-electron chi connectivity index (χ4n) is 2.88. The van der Waals surface area contributed by atoms with Crippen molar-refractivity contribution < 1.29 is 4.52 Å². The van der Waals surface area contributed by atoms with Crippen LogP contribution >= 0.6 is 23.2 Å². The molecule has 5 nitrogen and oxygen atoms in total. The van der Waals surface area contributed by atoms with Crippen LogP contribution in [0.25, 0.3) is 11.5 Å². The van der Waals surface area contributed by atoms with Crippen LogP contribution in [0.1, 0.15) is 37.5 Å². The normalized spacial score (nSPS) is 22.4. The summed E-state index contributed by atoms with van der Waals surface area (Å²) in [6.07, 6.45) is 6.04. The van der Waals surface area contributed by atoms with Gasteiger partial charge in [0.05, 0.1) is 10.0 Å². The molecule has 0 aromatic carbocycles. The molecule has 1 aliphatic carbocycles. The molecule has 0 amide bonds. The summed E-state index contributed by atoms with van der Waals surface area (Å²) in [6, 6.07) is 1.62. The van der Waals surface area contributed by atoms with Crippen LogP contribution in [0.3, 0.4) is 0 Å². The van der Waals surface area contributed by atoms with Crippen molar-refractivity contribution in [2.24, 2.45) is 11.7 Å². The first-order valence-electron chi connectivity index (χ1n) is 7.04. The zero-order valence-electron chi connectivity index (χ0n) is 11.4. The fraction of sp³-hybridized carbons (Fsp3) is 0.500. The average Bonchev–Trinajstić information content (AvgIpc) is 2.96. The molecule has 0 saturated heterocycles. The first kappa shape index (κ1) is 14.8. The van der Waals surface area contributed by atoms with Crippen LogP contribution in [0.2, 0.25) is 10.0 Å². The van der Waals surface area contributed by atoms with Crippen LogP contribution in [0, 0.1) is 5.92 Å². The fourth-order valence-corrected chi connectivity index (χ4v) is 3.34. The van der Waals surface area contributed by atoms with E-state index in [2.05, 4.69) is 15.1 Å². The maximum atomic E-state index is 6.13. The smallest absolute Gasteiger partial charge is 0.230 e. The lowest BCUT2D eigenvalue weighted by molar-refractivity contribution is 0.249. The third-order valence-electron chi connectivity index (χ3n) is 3.99. The lowest BCUT2D eigenvalue weighted by Crippen LogP contribution is -2.25. The highest BCUT2D eigenvalue weighted by Gasteiger charge is 2.30. The van der Waals surface area contributed by atoms with Crippen LogP contribution in [0.15, 0.2) is 16.8 Å². The quantitative estimate of drug-likeness (QED) is 0.930. The van der Waals surface area contributed by atoms with Gasteiger partial charge in [0, 0.05) is 12.1 Å². The second kappa shape index (κ2) is 6.30. The minimum absolute atomic E-state index is 0.232. The molecule has 2 aromatic heterocycles. The molecule has 2 unspecified atom stereocenters. The van der Waals surface area contributed by atoms with Gasteiger partial charge in [0.15, 0.2) is 0 Å².